The molecule has 0 aliphatic heterocycles. The molecule has 0 aliphatic carbocycles. The Balaban J connectivity index is 1.83. The highest BCUT2D eigenvalue weighted by Crippen LogP contribution is 2.26. The van der Waals surface area contributed by atoms with Crippen molar-refractivity contribution in [3.05, 3.63) is 60.0 Å². The van der Waals surface area contributed by atoms with Crippen LogP contribution in [0.1, 0.15) is 24.5 Å². The van der Waals surface area contributed by atoms with E-state index in [0.717, 1.165) is 11.1 Å². The normalized spacial score (nSPS) is 12.3. The molecule has 0 fully saturated rings. The number of aryl methyl sites for hydroxylation is 1. The van der Waals surface area contributed by atoms with Crippen molar-refractivity contribution in [2.24, 2.45) is 0 Å². The Labute approximate surface area is 129 Å². The maximum Gasteiger partial charge on any atom is 0.247 e. The average Bonchev–Trinajstić information content (AvgIpc) is 3.01. The van der Waals surface area contributed by atoms with Crippen LogP contribution in [0.25, 0.3) is 22.6 Å². The summed E-state index contributed by atoms with van der Waals surface area (Å²) >= 11 is 0. The van der Waals surface area contributed by atoms with Crippen molar-refractivity contribution in [1.82, 2.24) is 10.2 Å². The standard InChI is InChI=1S/C18H18N2O2/c1-12(21-3)14-4-6-15(7-5-14)16-8-10-17(11-9-16)18-20-19-13(2)22-18/h4-12H,1-3H3. The molecule has 0 saturated carbocycles. The highest BCUT2D eigenvalue weighted by molar-refractivity contribution is 5.67. The van der Waals surface area contributed by atoms with Crippen molar-refractivity contribution in [1.29, 1.82) is 0 Å². The summed E-state index contributed by atoms with van der Waals surface area (Å²) in [5.41, 5.74) is 4.41. The van der Waals surface area contributed by atoms with Crippen LogP contribution in [0.15, 0.2) is 52.9 Å². The number of benzene rings is 2. The second-order valence-electron chi connectivity index (χ2n) is 5.20. The van der Waals surface area contributed by atoms with Crippen molar-refractivity contribution in [3.63, 3.8) is 0 Å². The lowest BCUT2D eigenvalue weighted by Crippen LogP contribution is -1.94. The van der Waals surface area contributed by atoms with E-state index in [1.54, 1.807) is 14.0 Å². The van der Waals surface area contributed by atoms with Gasteiger partial charge in [-0.15, -0.1) is 10.2 Å². The molecule has 0 aliphatic rings. The Morgan fingerprint density at radius 1 is 0.864 bits per heavy atom. The van der Waals surface area contributed by atoms with Gasteiger partial charge in [-0.05, 0) is 35.7 Å². The molecule has 3 rings (SSSR count). The fourth-order valence-corrected chi connectivity index (χ4v) is 2.30. The molecule has 22 heavy (non-hydrogen) atoms. The van der Waals surface area contributed by atoms with Crippen LogP contribution >= 0.6 is 0 Å². The number of aromatic nitrogens is 2. The first kappa shape index (κ1) is 14.5. The quantitative estimate of drug-likeness (QED) is 0.714. The summed E-state index contributed by atoms with van der Waals surface area (Å²) < 4.78 is 10.8. The number of rotatable bonds is 4. The minimum atomic E-state index is 0.109. The average molecular weight is 294 g/mol. The van der Waals surface area contributed by atoms with Crippen LogP contribution in [0, 0.1) is 6.92 Å². The molecular formula is C18H18N2O2. The maximum atomic E-state index is 5.43. The van der Waals surface area contributed by atoms with E-state index in [4.69, 9.17) is 9.15 Å². The van der Waals surface area contributed by atoms with Gasteiger partial charge >= 0.3 is 0 Å². The molecule has 112 valence electrons. The zero-order chi connectivity index (χ0) is 15.5. The third-order valence-corrected chi connectivity index (χ3v) is 3.72. The lowest BCUT2D eigenvalue weighted by atomic mass is 10.0. The van der Waals surface area contributed by atoms with E-state index in [0.29, 0.717) is 11.8 Å². The molecule has 4 heteroatoms. The van der Waals surface area contributed by atoms with Crippen LogP contribution in [-0.4, -0.2) is 17.3 Å². The summed E-state index contributed by atoms with van der Waals surface area (Å²) in [5, 5.41) is 7.88. The number of nitrogens with zero attached hydrogens (tertiary/aromatic N) is 2. The maximum absolute atomic E-state index is 5.43. The monoisotopic (exact) mass is 294 g/mol. The van der Waals surface area contributed by atoms with Gasteiger partial charge in [0.25, 0.3) is 0 Å². The summed E-state index contributed by atoms with van der Waals surface area (Å²) in [6.07, 6.45) is 0.109. The van der Waals surface area contributed by atoms with E-state index >= 15 is 0 Å². The molecule has 4 nitrogen and oxygen atoms in total. The molecule has 3 aromatic rings. The topological polar surface area (TPSA) is 48.2 Å². The van der Waals surface area contributed by atoms with Crippen LogP contribution in [0.2, 0.25) is 0 Å². The molecule has 2 aromatic carbocycles. The lowest BCUT2D eigenvalue weighted by molar-refractivity contribution is 0.119. The largest absolute Gasteiger partial charge is 0.421 e. The van der Waals surface area contributed by atoms with E-state index in [1.807, 2.05) is 19.1 Å². The van der Waals surface area contributed by atoms with E-state index in [2.05, 4.69) is 46.6 Å². The number of methoxy groups -OCH3 is 1. The van der Waals surface area contributed by atoms with Gasteiger partial charge in [0, 0.05) is 19.6 Å². The van der Waals surface area contributed by atoms with Crippen molar-refractivity contribution >= 4 is 0 Å². The molecule has 0 radical (unpaired) electrons. The Hall–Kier alpha value is -2.46. The van der Waals surface area contributed by atoms with Crippen LogP contribution < -0.4 is 0 Å². The molecular weight excluding hydrogens is 276 g/mol. The van der Waals surface area contributed by atoms with E-state index < -0.39 is 0 Å². The lowest BCUT2D eigenvalue weighted by Gasteiger charge is -2.10. The fraction of sp³-hybridized carbons (Fsp3) is 0.222. The van der Waals surface area contributed by atoms with Gasteiger partial charge in [0.05, 0.1) is 6.10 Å². The predicted octanol–water partition coefficient (Wildman–Crippen LogP) is 4.42. The van der Waals surface area contributed by atoms with Crippen molar-refractivity contribution < 1.29 is 9.15 Å². The molecule has 1 unspecified atom stereocenters. The van der Waals surface area contributed by atoms with Crippen molar-refractivity contribution in [2.45, 2.75) is 20.0 Å². The van der Waals surface area contributed by atoms with Gasteiger partial charge in [-0.2, -0.15) is 0 Å². The van der Waals surface area contributed by atoms with Crippen molar-refractivity contribution in [3.8, 4) is 22.6 Å². The first-order valence-corrected chi connectivity index (χ1v) is 7.21. The van der Waals surface area contributed by atoms with Gasteiger partial charge in [0.1, 0.15) is 0 Å². The fourth-order valence-electron chi connectivity index (χ4n) is 2.30. The van der Waals surface area contributed by atoms with Gasteiger partial charge in [0.2, 0.25) is 11.8 Å². The van der Waals surface area contributed by atoms with Gasteiger partial charge in [-0.1, -0.05) is 36.4 Å². The molecule has 0 amide bonds. The first-order chi connectivity index (χ1) is 10.7. The summed E-state index contributed by atoms with van der Waals surface area (Å²) in [6, 6.07) is 16.5. The Morgan fingerprint density at radius 3 is 1.91 bits per heavy atom. The minimum absolute atomic E-state index is 0.109. The predicted molar refractivity (Wildman–Crippen MR) is 85.3 cm³/mol. The molecule has 0 bridgehead atoms. The van der Waals surface area contributed by atoms with Crippen LogP contribution in [0.3, 0.4) is 0 Å². The Bertz CT molecular complexity index is 746. The molecule has 0 N–H and O–H groups in total. The molecule has 1 aromatic heterocycles. The second-order valence-corrected chi connectivity index (χ2v) is 5.20. The number of ether oxygens (including phenoxy) is 1. The van der Waals surface area contributed by atoms with Gasteiger partial charge < -0.3 is 9.15 Å². The van der Waals surface area contributed by atoms with Crippen LogP contribution in [0.4, 0.5) is 0 Å². The minimum Gasteiger partial charge on any atom is -0.421 e. The van der Waals surface area contributed by atoms with Crippen LogP contribution in [0.5, 0.6) is 0 Å². The SMILES string of the molecule is COC(C)c1ccc(-c2ccc(-c3nnc(C)o3)cc2)cc1. The number of hydrogen-bond donors (Lipinski definition) is 0. The summed E-state index contributed by atoms with van der Waals surface area (Å²) in [4.78, 5) is 0. The van der Waals surface area contributed by atoms with E-state index in [9.17, 15) is 0 Å². The van der Waals surface area contributed by atoms with Gasteiger partial charge in [-0.25, -0.2) is 0 Å². The second kappa shape index (κ2) is 6.12. The summed E-state index contributed by atoms with van der Waals surface area (Å²) in [6.45, 7) is 3.82. The summed E-state index contributed by atoms with van der Waals surface area (Å²) in [5.74, 6) is 1.12. The first-order valence-electron chi connectivity index (χ1n) is 7.21. The Morgan fingerprint density at radius 2 is 1.41 bits per heavy atom. The van der Waals surface area contributed by atoms with E-state index in [1.165, 1.54) is 11.1 Å². The zero-order valence-corrected chi connectivity index (χ0v) is 12.9. The van der Waals surface area contributed by atoms with Gasteiger partial charge in [0.15, 0.2) is 0 Å². The van der Waals surface area contributed by atoms with Crippen LogP contribution in [-0.2, 0) is 4.74 Å². The molecule has 0 saturated heterocycles. The molecule has 1 heterocycles. The highest BCUT2D eigenvalue weighted by atomic mass is 16.5. The van der Waals surface area contributed by atoms with Gasteiger partial charge in [-0.3, -0.25) is 0 Å². The molecule has 1 atom stereocenters. The van der Waals surface area contributed by atoms with Crippen molar-refractivity contribution in [2.75, 3.05) is 7.11 Å². The molecule has 0 spiro atoms. The summed E-state index contributed by atoms with van der Waals surface area (Å²) in [7, 11) is 1.72. The number of hydrogen-bond acceptors (Lipinski definition) is 4. The zero-order valence-electron chi connectivity index (χ0n) is 12.9. The third-order valence-electron chi connectivity index (χ3n) is 3.72. The smallest absolute Gasteiger partial charge is 0.247 e. The van der Waals surface area contributed by atoms with E-state index in [-0.39, 0.29) is 6.10 Å². The third kappa shape index (κ3) is 2.92. The Kier molecular flexibility index (Phi) is 4.02. The highest BCUT2D eigenvalue weighted by Gasteiger charge is 2.07.